The zero-order valence-corrected chi connectivity index (χ0v) is 17.4. The Balaban J connectivity index is 1.75. The van der Waals surface area contributed by atoms with E-state index in [1.165, 1.54) is 0 Å². The number of aromatic nitrogens is 1. The van der Waals surface area contributed by atoms with Crippen molar-refractivity contribution in [2.24, 2.45) is 0 Å². The van der Waals surface area contributed by atoms with Crippen molar-refractivity contribution in [2.75, 3.05) is 0 Å². The second kappa shape index (κ2) is 7.85. The average Bonchev–Trinajstić information content (AvgIpc) is 3.05. The molecule has 0 fully saturated rings. The van der Waals surface area contributed by atoms with Gasteiger partial charge in [0.1, 0.15) is 0 Å². The lowest BCUT2D eigenvalue weighted by Gasteiger charge is -2.06. The summed E-state index contributed by atoms with van der Waals surface area (Å²) in [6.07, 6.45) is -0.241. The molecule has 144 valence electrons. The molecule has 6 heteroatoms. The molecule has 0 aliphatic heterocycles. The number of halogens is 2. The van der Waals surface area contributed by atoms with Gasteiger partial charge in [-0.2, -0.15) is 0 Å². The highest BCUT2D eigenvalue weighted by atomic mass is 79.9. The second-order valence-corrected chi connectivity index (χ2v) is 7.95. The summed E-state index contributed by atoms with van der Waals surface area (Å²) >= 11 is 9.66. The Morgan fingerprint density at radius 3 is 2.41 bits per heavy atom. The number of hydrogen-bond acceptors (Lipinski definition) is 2. The van der Waals surface area contributed by atoms with Crippen LogP contribution in [0.2, 0.25) is 5.02 Å². The molecule has 0 spiro atoms. The predicted molar refractivity (Wildman–Crippen MR) is 118 cm³/mol. The lowest BCUT2D eigenvalue weighted by Crippen LogP contribution is -2.08. The van der Waals surface area contributed by atoms with Crippen LogP contribution in [0.25, 0.3) is 22.0 Å². The minimum absolute atomic E-state index is 0.241. The summed E-state index contributed by atoms with van der Waals surface area (Å²) in [7, 11) is 0. The van der Waals surface area contributed by atoms with Gasteiger partial charge in [0.05, 0.1) is 12.1 Å². The Bertz CT molecular complexity index is 1240. The average molecular weight is 469 g/mol. The number of hydrogen-bond donors (Lipinski definition) is 2. The van der Waals surface area contributed by atoms with Gasteiger partial charge in [0.25, 0.3) is 0 Å². The van der Waals surface area contributed by atoms with Crippen LogP contribution in [-0.2, 0) is 11.2 Å². The molecule has 0 aliphatic carbocycles. The van der Waals surface area contributed by atoms with Crippen molar-refractivity contribution in [3.63, 3.8) is 0 Å². The van der Waals surface area contributed by atoms with Crippen LogP contribution in [0.4, 0.5) is 0 Å². The minimum atomic E-state index is -0.992. The van der Waals surface area contributed by atoms with Gasteiger partial charge in [0.2, 0.25) is 5.78 Å². The Morgan fingerprint density at radius 1 is 1.00 bits per heavy atom. The number of ketones is 1. The summed E-state index contributed by atoms with van der Waals surface area (Å²) < 4.78 is 0.818. The fraction of sp³-hybridized carbons (Fsp3) is 0.0435. The number of nitrogens with one attached hydrogen (secondary N) is 1. The monoisotopic (exact) mass is 467 g/mol. The Kier molecular flexibility index (Phi) is 5.26. The van der Waals surface area contributed by atoms with Crippen molar-refractivity contribution in [1.29, 1.82) is 0 Å². The quantitative estimate of drug-likeness (QED) is 0.347. The van der Waals surface area contributed by atoms with E-state index in [1.54, 1.807) is 12.1 Å². The number of aliphatic carboxylic acids is 1. The molecule has 0 saturated heterocycles. The number of aromatic amines is 1. The Hall–Kier alpha value is -2.89. The van der Waals surface area contributed by atoms with Crippen molar-refractivity contribution >= 4 is 50.2 Å². The Labute approximate surface area is 180 Å². The first-order valence-electron chi connectivity index (χ1n) is 8.85. The topological polar surface area (TPSA) is 70.2 Å². The molecule has 0 saturated carbocycles. The van der Waals surface area contributed by atoms with Gasteiger partial charge in [-0.05, 0) is 29.8 Å². The highest BCUT2D eigenvalue weighted by Gasteiger charge is 2.21. The summed E-state index contributed by atoms with van der Waals surface area (Å²) in [6.45, 7) is 0. The van der Waals surface area contributed by atoms with Crippen LogP contribution in [0.1, 0.15) is 21.6 Å². The van der Waals surface area contributed by atoms with Gasteiger partial charge in [-0.3, -0.25) is 9.59 Å². The summed E-state index contributed by atoms with van der Waals surface area (Å²) in [5.41, 5.74) is 3.76. The van der Waals surface area contributed by atoms with E-state index in [9.17, 15) is 14.7 Å². The fourth-order valence-electron chi connectivity index (χ4n) is 3.39. The zero-order chi connectivity index (χ0) is 20.5. The van der Waals surface area contributed by atoms with E-state index in [4.69, 9.17) is 11.6 Å². The van der Waals surface area contributed by atoms with Crippen molar-refractivity contribution in [1.82, 2.24) is 4.98 Å². The highest BCUT2D eigenvalue weighted by Crippen LogP contribution is 2.30. The SMILES string of the molecule is O=C(O)Cc1c(C(=O)c2ccc(-c3ccccc3Cl)cc2)[nH]c2ccc(Br)cc12. The van der Waals surface area contributed by atoms with Gasteiger partial charge in [-0.1, -0.05) is 70.0 Å². The lowest BCUT2D eigenvalue weighted by molar-refractivity contribution is -0.136. The molecule has 3 aromatic carbocycles. The van der Waals surface area contributed by atoms with E-state index in [1.807, 2.05) is 54.6 Å². The number of rotatable bonds is 5. The van der Waals surface area contributed by atoms with Crippen molar-refractivity contribution in [3.8, 4) is 11.1 Å². The fourth-order valence-corrected chi connectivity index (χ4v) is 4.00. The largest absolute Gasteiger partial charge is 0.481 e. The molecule has 4 nitrogen and oxygen atoms in total. The van der Waals surface area contributed by atoms with Gasteiger partial charge in [-0.15, -0.1) is 0 Å². The van der Waals surface area contributed by atoms with Gasteiger partial charge >= 0.3 is 5.97 Å². The second-order valence-electron chi connectivity index (χ2n) is 6.63. The third kappa shape index (κ3) is 3.84. The number of carbonyl (C=O) groups excluding carboxylic acids is 1. The summed E-state index contributed by atoms with van der Waals surface area (Å²) in [4.78, 5) is 27.6. The minimum Gasteiger partial charge on any atom is -0.481 e. The molecule has 29 heavy (non-hydrogen) atoms. The molecule has 0 radical (unpaired) electrons. The standard InChI is InChI=1S/C23H15BrClNO3/c24-15-9-10-20-17(11-15)18(12-21(27)28)22(26-20)23(29)14-7-5-13(6-8-14)16-3-1-2-4-19(16)25/h1-11,26H,12H2,(H,27,28). The predicted octanol–water partition coefficient (Wildman–Crippen LogP) is 6.11. The summed E-state index contributed by atoms with van der Waals surface area (Å²) in [5, 5.41) is 10.7. The maximum Gasteiger partial charge on any atom is 0.307 e. The van der Waals surface area contributed by atoms with Crippen LogP contribution in [0.15, 0.2) is 71.2 Å². The number of H-pyrrole nitrogens is 1. The van der Waals surface area contributed by atoms with Crippen LogP contribution in [0, 0.1) is 0 Å². The molecule has 0 unspecified atom stereocenters. The van der Waals surface area contributed by atoms with Gasteiger partial charge in [0.15, 0.2) is 0 Å². The van der Waals surface area contributed by atoms with Crippen molar-refractivity contribution < 1.29 is 14.7 Å². The van der Waals surface area contributed by atoms with Crippen LogP contribution in [-0.4, -0.2) is 21.8 Å². The summed E-state index contributed by atoms with van der Waals surface area (Å²) in [5.74, 6) is -1.24. The Morgan fingerprint density at radius 2 is 1.72 bits per heavy atom. The first kappa shape index (κ1) is 19.4. The van der Waals surface area contributed by atoms with E-state index >= 15 is 0 Å². The number of carbonyl (C=O) groups is 2. The molecule has 1 heterocycles. The highest BCUT2D eigenvalue weighted by molar-refractivity contribution is 9.10. The number of carboxylic acid groups (broad SMARTS) is 1. The molecule has 1 aromatic heterocycles. The molecular weight excluding hydrogens is 454 g/mol. The van der Waals surface area contributed by atoms with Gasteiger partial charge < -0.3 is 10.1 Å². The van der Waals surface area contributed by atoms with E-state index in [0.717, 1.165) is 26.5 Å². The lowest BCUT2D eigenvalue weighted by atomic mass is 9.98. The number of benzene rings is 3. The van der Waals surface area contributed by atoms with Crippen molar-refractivity contribution in [3.05, 3.63) is 93.0 Å². The normalized spacial score (nSPS) is 11.0. The zero-order valence-electron chi connectivity index (χ0n) is 15.1. The first-order chi connectivity index (χ1) is 13.9. The smallest absolute Gasteiger partial charge is 0.307 e. The number of fused-ring (bicyclic) bond motifs is 1. The maximum absolute atomic E-state index is 13.2. The van der Waals surface area contributed by atoms with Crippen LogP contribution < -0.4 is 0 Å². The molecule has 4 aromatic rings. The van der Waals surface area contributed by atoms with E-state index in [-0.39, 0.29) is 12.2 Å². The van der Waals surface area contributed by atoms with Crippen LogP contribution in [0.5, 0.6) is 0 Å². The van der Waals surface area contributed by atoms with Gasteiger partial charge in [0, 0.05) is 37.1 Å². The number of carboxylic acids is 1. The van der Waals surface area contributed by atoms with E-state index < -0.39 is 5.97 Å². The first-order valence-corrected chi connectivity index (χ1v) is 10.0. The molecule has 4 rings (SSSR count). The molecule has 0 bridgehead atoms. The van der Waals surface area contributed by atoms with Crippen LogP contribution in [0.3, 0.4) is 0 Å². The third-order valence-electron chi connectivity index (χ3n) is 4.76. The van der Waals surface area contributed by atoms with Crippen LogP contribution >= 0.6 is 27.5 Å². The van der Waals surface area contributed by atoms with E-state index in [0.29, 0.717) is 21.8 Å². The molecule has 0 aliphatic rings. The van der Waals surface area contributed by atoms with Crippen molar-refractivity contribution in [2.45, 2.75) is 6.42 Å². The van der Waals surface area contributed by atoms with Gasteiger partial charge in [-0.25, -0.2) is 0 Å². The molecule has 2 N–H and O–H groups in total. The molecule has 0 amide bonds. The summed E-state index contributed by atoms with van der Waals surface area (Å²) in [6, 6.07) is 20.1. The maximum atomic E-state index is 13.2. The van der Waals surface area contributed by atoms with E-state index in [2.05, 4.69) is 20.9 Å². The molecular formula is C23H15BrClNO3. The molecule has 0 atom stereocenters. The third-order valence-corrected chi connectivity index (χ3v) is 5.58.